The van der Waals surface area contributed by atoms with E-state index >= 15 is 0 Å². The summed E-state index contributed by atoms with van der Waals surface area (Å²) < 4.78 is 0. The van der Waals surface area contributed by atoms with Gasteiger partial charge in [-0.25, -0.2) is 0 Å². The van der Waals surface area contributed by atoms with E-state index < -0.39 is 0 Å². The summed E-state index contributed by atoms with van der Waals surface area (Å²) in [5.41, 5.74) is 3.40. The summed E-state index contributed by atoms with van der Waals surface area (Å²) in [6.45, 7) is 2.14. The first-order valence-corrected chi connectivity index (χ1v) is 4.80. The van der Waals surface area contributed by atoms with Gasteiger partial charge in [-0.3, -0.25) is 0 Å². The van der Waals surface area contributed by atoms with Crippen molar-refractivity contribution in [3.63, 3.8) is 0 Å². The third-order valence-corrected chi connectivity index (χ3v) is 2.52. The van der Waals surface area contributed by atoms with Crippen LogP contribution in [0.2, 0.25) is 0 Å². The quantitative estimate of drug-likeness (QED) is 0.730. The fourth-order valence-electron chi connectivity index (χ4n) is 1.87. The lowest BCUT2D eigenvalue weighted by Gasteiger charge is -2.08. The average molecular weight is 174 g/mol. The van der Waals surface area contributed by atoms with E-state index in [9.17, 15) is 5.11 Å². The molecule has 0 aromatic heterocycles. The van der Waals surface area contributed by atoms with Crippen molar-refractivity contribution in [2.75, 3.05) is 0 Å². The molecule has 0 heterocycles. The van der Waals surface area contributed by atoms with Crippen LogP contribution in [0.3, 0.4) is 0 Å². The lowest BCUT2D eigenvalue weighted by Crippen LogP contribution is -1.96. The molecule has 0 saturated carbocycles. The van der Waals surface area contributed by atoms with E-state index in [1.807, 2.05) is 18.2 Å². The van der Waals surface area contributed by atoms with Crippen LogP contribution in [0.4, 0.5) is 0 Å². The first kappa shape index (κ1) is 8.52. The van der Waals surface area contributed by atoms with E-state index in [4.69, 9.17) is 0 Å². The Bertz CT molecular complexity index is 339. The van der Waals surface area contributed by atoms with Crippen LogP contribution in [0, 0.1) is 0 Å². The maximum atomic E-state index is 9.90. The number of hydrogen-bond acceptors (Lipinski definition) is 1. The number of fused-ring (bicyclic) bond motifs is 1. The molecular formula is C12H14O. The molecule has 1 atom stereocenters. The first-order chi connectivity index (χ1) is 6.33. The van der Waals surface area contributed by atoms with Crippen molar-refractivity contribution < 1.29 is 5.11 Å². The zero-order valence-electron chi connectivity index (χ0n) is 7.83. The predicted molar refractivity (Wildman–Crippen MR) is 54.3 cm³/mol. The van der Waals surface area contributed by atoms with Crippen LogP contribution in [-0.2, 0) is 0 Å². The number of aliphatic hydroxyl groups excluding tert-OH is 1. The SMILES string of the molecule is CCCC1=Cc2ccccc2C1O. The highest BCUT2D eigenvalue weighted by molar-refractivity contribution is 5.65. The largest absolute Gasteiger partial charge is 0.384 e. The molecule has 1 aromatic carbocycles. The fourth-order valence-corrected chi connectivity index (χ4v) is 1.87. The maximum Gasteiger partial charge on any atom is 0.101 e. The second-order valence-corrected chi connectivity index (χ2v) is 3.50. The monoisotopic (exact) mass is 174 g/mol. The Morgan fingerprint density at radius 2 is 2.08 bits per heavy atom. The Balaban J connectivity index is 2.33. The summed E-state index contributed by atoms with van der Waals surface area (Å²) in [7, 11) is 0. The standard InChI is InChI=1S/C12H14O/c1-2-5-10-8-9-6-3-4-7-11(9)12(10)13/h3-4,6-8,12-13H,2,5H2,1H3. The Hall–Kier alpha value is -1.08. The number of rotatable bonds is 2. The van der Waals surface area contributed by atoms with Gasteiger partial charge < -0.3 is 5.11 Å². The normalized spacial score (nSPS) is 19.8. The van der Waals surface area contributed by atoms with Crippen molar-refractivity contribution in [1.29, 1.82) is 0 Å². The van der Waals surface area contributed by atoms with E-state index in [1.165, 1.54) is 5.56 Å². The fraction of sp³-hybridized carbons (Fsp3) is 0.333. The summed E-state index contributed by atoms with van der Waals surface area (Å²) >= 11 is 0. The summed E-state index contributed by atoms with van der Waals surface area (Å²) in [4.78, 5) is 0. The molecule has 0 bridgehead atoms. The van der Waals surface area contributed by atoms with Crippen molar-refractivity contribution in [3.05, 3.63) is 41.0 Å². The van der Waals surface area contributed by atoms with Crippen molar-refractivity contribution >= 4 is 6.08 Å². The van der Waals surface area contributed by atoms with Gasteiger partial charge in [0.1, 0.15) is 6.10 Å². The van der Waals surface area contributed by atoms with Gasteiger partial charge in [-0.05, 0) is 23.1 Å². The molecule has 68 valence electrons. The summed E-state index contributed by atoms with van der Waals surface area (Å²) in [6, 6.07) is 8.04. The highest BCUT2D eigenvalue weighted by Crippen LogP contribution is 2.35. The smallest absolute Gasteiger partial charge is 0.101 e. The van der Waals surface area contributed by atoms with Crippen molar-refractivity contribution in [2.24, 2.45) is 0 Å². The molecule has 1 heteroatoms. The summed E-state index contributed by atoms with van der Waals surface area (Å²) in [5, 5.41) is 9.90. The minimum absolute atomic E-state index is 0.351. The second kappa shape index (κ2) is 3.35. The Morgan fingerprint density at radius 3 is 2.77 bits per heavy atom. The summed E-state index contributed by atoms with van der Waals surface area (Å²) in [5.74, 6) is 0. The minimum atomic E-state index is -0.351. The van der Waals surface area contributed by atoms with Gasteiger partial charge in [0.15, 0.2) is 0 Å². The van der Waals surface area contributed by atoms with E-state index in [0.717, 1.165) is 24.0 Å². The minimum Gasteiger partial charge on any atom is -0.384 e. The molecule has 1 nitrogen and oxygen atoms in total. The van der Waals surface area contributed by atoms with Gasteiger partial charge in [0.2, 0.25) is 0 Å². The Kier molecular flexibility index (Phi) is 2.19. The molecule has 1 aromatic rings. The van der Waals surface area contributed by atoms with Crippen LogP contribution in [-0.4, -0.2) is 5.11 Å². The zero-order valence-corrected chi connectivity index (χ0v) is 7.83. The maximum absolute atomic E-state index is 9.90. The highest BCUT2D eigenvalue weighted by Gasteiger charge is 2.20. The van der Waals surface area contributed by atoms with Gasteiger partial charge in [0.05, 0.1) is 0 Å². The third kappa shape index (κ3) is 1.40. The van der Waals surface area contributed by atoms with Crippen LogP contribution < -0.4 is 0 Å². The van der Waals surface area contributed by atoms with Gasteiger partial charge in [0.25, 0.3) is 0 Å². The lowest BCUT2D eigenvalue weighted by atomic mass is 10.0. The van der Waals surface area contributed by atoms with Crippen LogP contribution in [0.1, 0.15) is 37.0 Å². The van der Waals surface area contributed by atoms with E-state index in [0.29, 0.717) is 0 Å². The summed E-state index contributed by atoms with van der Waals surface area (Å²) in [6.07, 6.45) is 3.85. The van der Waals surface area contributed by atoms with Crippen LogP contribution in [0.15, 0.2) is 29.8 Å². The van der Waals surface area contributed by atoms with Crippen molar-refractivity contribution in [1.82, 2.24) is 0 Å². The van der Waals surface area contributed by atoms with Crippen molar-refractivity contribution in [3.8, 4) is 0 Å². The van der Waals surface area contributed by atoms with E-state index in [1.54, 1.807) is 0 Å². The van der Waals surface area contributed by atoms with Gasteiger partial charge in [0, 0.05) is 0 Å². The number of aliphatic hydroxyl groups is 1. The van der Waals surface area contributed by atoms with Crippen LogP contribution >= 0.6 is 0 Å². The Morgan fingerprint density at radius 1 is 1.31 bits per heavy atom. The molecule has 0 saturated heterocycles. The molecule has 13 heavy (non-hydrogen) atoms. The van der Waals surface area contributed by atoms with Gasteiger partial charge in [-0.15, -0.1) is 0 Å². The Labute approximate surface area is 78.7 Å². The molecule has 1 unspecified atom stereocenters. The van der Waals surface area contributed by atoms with Gasteiger partial charge in [-0.1, -0.05) is 43.7 Å². The molecule has 1 N–H and O–H groups in total. The van der Waals surface area contributed by atoms with Crippen LogP contribution in [0.5, 0.6) is 0 Å². The van der Waals surface area contributed by atoms with Crippen molar-refractivity contribution in [2.45, 2.75) is 25.9 Å². The lowest BCUT2D eigenvalue weighted by molar-refractivity contribution is 0.215. The molecule has 2 rings (SSSR count). The van der Waals surface area contributed by atoms with E-state index in [-0.39, 0.29) is 6.10 Å². The first-order valence-electron chi connectivity index (χ1n) is 4.80. The molecule has 0 radical (unpaired) electrons. The molecule has 0 amide bonds. The number of benzene rings is 1. The van der Waals surface area contributed by atoms with E-state index in [2.05, 4.69) is 19.1 Å². The molecule has 0 aliphatic heterocycles. The highest BCUT2D eigenvalue weighted by atomic mass is 16.3. The third-order valence-electron chi connectivity index (χ3n) is 2.52. The zero-order chi connectivity index (χ0) is 9.26. The predicted octanol–water partition coefficient (Wildman–Crippen LogP) is 2.92. The molecule has 0 spiro atoms. The molecule has 1 aliphatic rings. The topological polar surface area (TPSA) is 20.2 Å². The average Bonchev–Trinajstić information content (AvgIpc) is 2.46. The number of hydrogen-bond donors (Lipinski definition) is 1. The molecule has 1 aliphatic carbocycles. The second-order valence-electron chi connectivity index (χ2n) is 3.50. The van der Waals surface area contributed by atoms with Gasteiger partial charge >= 0.3 is 0 Å². The van der Waals surface area contributed by atoms with Gasteiger partial charge in [-0.2, -0.15) is 0 Å². The molecular weight excluding hydrogens is 160 g/mol. The van der Waals surface area contributed by atoms with Crippen LogP contribution in [0.25, 0.3) is 6.08 Å². The molecule has 0 fully saturated rings.